The van der Waals surface area contributed by atoms with E-state index in [1.54, 1.807) is 30.3 Å². The number of hydrogen-bond acceptors (Lipinski definition) is 2. The van der Waals surface area contributed by atoms with E-state index in [0.717, 1.165) is 4.90 Å². The Morgan fingerprint density at radius 1 is 1.16 bits per heavy atom. The Bertz CT molecular complexity index is 501. The van der Waals surface area contributed by atoms with Crippen molar-refractivity contribution in [2.24, 2.45) is 0 Å². The van der Waals surface area contributed by atoms with E-state index in [1.165, 1.54) is 7.05 Å². The summed E-state index contributed by atoms with van der Waals surface area (Å²) in [5, 5.41) is 0. The third-order valence-electron chi connectivity index (χ3n) is 2.87. The first kappa shape index (κ1) is 13.4. The Hall–Kier alpha value is -2.05. The quantitative estimate of drug-likeness (QED) is 0.774. The Morgan fingerprint density at radius 2 is 1.74 bits per heavy atom. The van der Waals surface area contributed by atoms with Gasteiger partial charge in [0.2, 0.25) is 0 Å². The van der Waals surface area contributed by atoms with Crippen molar-refractivity contribution in [3.8, 4) is 0 Å². The number of carbonyl (C=O) groups excluding carboxylic acids is 2. The second-order valence-electron chi connectivity index (χ2n) is 4.25. The van der Waals surface area contributed by atoms with Gasteiger partial charge in [-0.05, 0) is 5.56 Å². The molecule has 0 saturated carbocycles. The number of nitrogens with zero attached hydrogens (tertiary/aromatic N) is 2. The molecule has 1 saturated heterocycles. The molecule has 1 aliphatic heterocycles. The maximum Gasteiger partial charge on any atom is 0.406 e. The smallest absolute Gasteiger partial charge is 0.311 e. The van der Waals surface area contributed by atoms with Gasteiger partial charge in [0.25, 0.3) is 5.91 Å². The van der Waals surface area contributed by atoms with Crippen LogP contribution in [-0.4, -0.2) is 41.5 Å². The van der Waals surface area contributed by atoms with Crippen molar-refractivity contribution in [3.05, 3.63) is 35.9 Å². The van der Waals surface area contributed by atoms with E-state index in [0.29, 0.717) is 5.56 Å². The van der Waals surface area contributed by atoms with Crippen LogP contribution in [0.3, 0.4) is 0 Å². The van der Waals surface area contributed by atoms with Crippen molar-refractivity contribution in [1.82, 2.24) is 9.80 Å². The third-order valence-corrected chi connectivity index (χ3v) is 2.87. The maximum atomic E-state index is 12.3. The van der Waals surface area contributed by atoms with Gasteiger partial charge in [0.15, 0.2) is 0 Å². The van der Waals surface area contributed by atoms with E-state index in [1.807, 2.05) is 0 Å². The second kappa shape index (κ2) is 4.56. The summed E-state index contributed by atoms with van der Waals surface area (Å²) >= 11 is 0. The van der Waals surface area contributed by atoms with Gasteiger partial charge in [0.1, 0.15) is 12.6 Å². The SMILES string of the molecule is CN1C(=O)N(CC(F)(F)F)C(=O)[C@@H]1c1ccccc1. The Labute approximate surface area is 107 Å². The summed E-state index contributed by atoms with van der Waals surface area (Å²) in [6.07, 6.45) is -4.60. The first-order chi connectivity index (χ1) is 8.81. The standard InChI is InChI=1S/C12H11F3N2O2/c1-16-9(8-5-3-2-4-6-8)10(18)17(11(16)19)7-12(13,14)15/h2-6,9H,7H2,1H3/t9-/m0/s1. The minimum atomic E-state index is -4.60. The molecule has 0 spiro atoms. The minimum absolute atomic E-state index is 0.234. The summed E-state index contributed by atoms with van der Waals surface area (Å²) in [6.45, 7) is -1.56. The van der Waals surface area contributed by atoms with Gasteiger partial charge in [-0.2, -0.15) is 13.2 Å². The predicted octanol–water partition coefficient (Wildman–Crippen LogP) is 2.18. The molecule has 1 aliphatic rings. The minimum Gasteiger partial charge on any atom is -0.311 e. The molecule has 1 aromatic carbocycles. The van der Waals surface area contributed by atoms with Crippen molar-refractivity contribution in [2.75, 3.05) is 13.6 Å². The average Bonchev–Trinajstić information content (AvgIpc) is 2.53. The fourth-order valence-electron chi connectivity index (χ4n) is 2.03. The molecule has 102 valence electrons. The lowest BCUT2D eigenvalue weighted by atomic mass is 10.1. The fraction of sp³-hybridized carbons (Fsp3) is 0.333. The number of amides is 3. The zero-order chi connectivity index (χ0) is 14.2. The number of rotatable bonds is 2. The van der Waals surface area contributed by atoms with E-state index >= 15 is 0 Å². The lowest BCUT2D eigenvalue weighted by Gasteiger charge is -2.16. The predicted molar refractivity (Wildman–Crippen MR) is 60.1 cm³/mol. The van der Waals surface area contributed by atoms with Crippen LogP contribution in [0.4, 0.5) is 18.0 Å². The summed E-state index contributed by atoms with van der Waals surface area (Å²) in [5.41, 5.74) is 0.494. The molecule has 2 rings (SSSR count). The van der Waals surface area contributed by atoms with Crippen molar-refractivity contribution in [3.63, 3.8) is 0 Å². The Morgan fingerprint density at radius 3 is 2.26 bits per heavy atom. The molecule has 1 heterocycles. The number of benzene rings is 1. The average molecular weight is 272 g/mol. The van der Waals surface area contributed by atoms with Crippen LogP contribution in [0.2, 0.25) is 0 Å². The molecular formula is C12H11F3N2O2. The van der Waals surface area contributed by atoms with E-state index in [2.05, 4.69) is 0 Å². The summed E-state index contributed by atoms with van der Waals surface area (Å²) in [6, 6.07) is 6.32. The van der Waals surface area contributed by atoms with Crippen LogP contribution in [0, 0.1) is 0 Å². The highest BCUT2D eigenvalue weighted by Gasteiger charge is 2.48. The number of alkyl halides is 3. The van der Waals surface area contributed by atoms with Crippen LogP contribution in [0.1, 0.15) is 11.6 Å². The van der Waals surface area contributed by atoms with Gasteiger partial charge < -0.3 is 4.90 Å². The summed E-state index contributed by atoms with van der Waals surface area (Å²) in [4.78, 5) is 24.9. The highest BCUT2D eigenvalue weighted by Crippen LogP contribution is 2.31. The maximum absolute atomic E-state index is 12.3. The number of carbonyl (C=O) groups is 2. The molecule has 3 amide bonds. The first-order valence-corrected chi connectivity index (χ1v) is 5.51. The van der Waals surface area contributed by atoms with E-state index < -0.39 is 30.7 Å². The normalized spacial score (nSPS) is 20.3. The fourth-order valence-corrected chi connectivity index (χ4v) is 2.03. The second-order valence-corrected chi connectivity index (χ2v) is 4.25. The zero-order valence-electron chi connectivity index (χ0n) is 10.0. The van der Waals surface area contributed by atoms with E-state index in [9.17, 15) is 22.8 Å². The molecule has 7 heteroatoms. The van der Waals surface area contributed by atoms with Gasteiger partial charge in [-0.1, -0.05) is 30.3 Å². The largest absolute Gasteiger partial charge is 0.406 e. The van der Waals surface area contributed by atoms with Crippen molar-refractivity contribution >= 4 is 11.9 Å². The number of urea groups is 1. The molecule has 0 aliphatic carbocycles. The molecule has 19 heavy (non-hydrogen) atoms. The molecule has 1 aromatic rings. The Kier molecular flexibility index (Phi) is 3.21. The number of halogens is 3. The van der Waals surface area contributed by atoms with Gasteiger partial charge >= 0.3 is 12.2 Å². The van der Waals surface area contributed by atoms with Crippen molar-refractivity contribution in [1.29, 1.82) is 0 Å². The van der Waals surface area contributed by atoms with Crippen LogP contribution in [0.15, 0.2) is 30.3 Å². The molecule has 0 aromatic heterocycles. The third kappa shape index (κ3) is 2.54. The highest BCUT2D eigenvalue weighted by atomic mass is 19.4. The number of imide groups is 1. The van der Waals surface area contributed by atoms with Crippen LogP contribution < -0.4 is 0 Å². The molecular weight excluding hydrogens is 261 g/mol. The first-order valence-electron chi connectivity index (χ1n) is 5.51. The zero-order valence-corrected chi connectivity index (χ0v) is 10.0. The number of hydrogen-bond donors (Lipinski definition) is 0. The van der Waals surface area contributed by atoms with Gasteiger partial charge in [-0.15, -0.1) is 0 Å². The van der Waals surface area contributed by atoms with Crippen LogP contribution in [0.5, 0.6) is 0 Å². The molecule has 0 radical (unpaired) electrons. The van der Waals surface area contributed by atoms with Gasteiger partial charge in [-0.25, -0.2) is 4.79 Å². The lowest BCUT2D eigenvalue weighted by molar-refractivity contribution is -0.153. The molecule has 4 nitrogen and oxygen atoms in total. The monoisotopic (exact) mass is 272 g/mol. The molecule has 0 bridgehead atoms. The Balaban J connectivity index is 2.29. The van der Waals surface area contributed by atoms with Crippen LogP contribution >= 0.6 is 0 Å². The summed E-state index contributed by atoms with van der Waals surface area (Å²) < 4.78 is 37.0. The van der Waals surface area contributed by atoms with Crippen LogP contribution in [-0.2, 0) is 4.79 Å². The van der Waals surface area contributed by atoms with Crippen molar-refractivity contribution in [2.45, 2.75) is 12.2 Å². The highest BCUT2D eigenvalue weighted by molar-refractivity contribution is 6.04. The van der Waals surface area contributed by atoms with E-state index in [4.69, 9.17) is 0 Å². The topological polar surface area (TPSA) is 40.6 Å². The van der Waals surface area contributed by atoms with Gasteiger partial charge in [-0.3, -0.25) is 9.69 Å². The molecule has 0 N–H and O–H groups in total. The van der Waals surface area contributed by atoms with Gasteiger partial charge in [0, 0.05) is 7.05 Å². The molecule has 0 unspecified atom stereocenters. The molecule has 1 fully saturated rings. The lowest BCUT2D eigenvalue weighted by Crippen LogP contribution is -2.39. The molecule has 1 atom stereocenters. The summed E-state index contributed by atoms with van der Waals surface area (Å²) in [7, 11) is 1.31. The summed E-state index contributed by atoms with van der Waals surface area (Å²) in [5.74, 6) is -0.851. The van der Waals surface area contributed by atoms with E-state index in [-0.39, 0.29) is 4.90 Å². The number of likely N-dealkylation sites (N-methyl/N-ethyl adjacent to an activating group) is 1. The van der Waals surface area contributed by atoms with Crippen LogP contribution in [0.25, 0.3) is 0 Å². The van der Waals surface area contributed by atoms with Gasteiger partial charge in [0.05, 0.1) is 0 Å². The van der Waals surface area contributed by atoms with Crippen molar-refractivity contribution < 1.29 is 22.8 Å².